The lowest BCUT2D eigenvalue weighted by Crippen LogP contribution is -2.09. The van der Waals surface area contributed by atoms with Gasteiger partial charge in [0.2, 0.25) is 0 Å². The lowest BCUT2D eigenvalue weighted by molar-refractivity contribution is 0.289. The molecule has 1 aliphatic rings. The number of aryl methyl sites for hydroxylation is 1. The summed E-state index contributed by atoms with van der Waals surface area (Å²) < 4.78 is 19.6. The topological polar surface area (TPSA) is 35.2 Å². The highest BCUT2D eigenvalue weighted by Crippen LogP contribution is 2.36. The van der Waals surface area contributed by atoms with Crippen LogP contribution in [-0.2, 0) is 13.0 Å². The summed E-state index contributed by atoms with van der Waals surface area (Å²) in [7, 11) is 0. The van der Waals surface area contributed by atoms with E-state index in [1.54, 1.807) is 6.07 Å². The maximum Gasteiger partial charge on any atom is 0.130 e. The first-order valence-corrected chi connectivity index (χ1v) is 6.53. The average molecular weight is 257 g/mol. The summed E-state index contributed by atoms with van der Waals surface area (Å²) in [4.78, 5) is 0. The zero-order valence-corrected chi connectivity index (χ0v) is 10.7. The molecule has 0 radical (unpaired) electrons. The van der Waals surface area contributed by atoms with Gasteiger partial charge in [0.05, 0.1) is 6.61 Å². The molecule has 0 saturated carbocycles. The summed E-state index contributed by atoms with van der Waals surface area (Å²) in [6.07, 6.45) is 2.06. The molecule has 0 aromatic heterocycles. The van der Waals surface area contributed by atoms with Crippen molar-refractivity contribution in [1.29, 1.82) is 0 Å². The first kappa shape index (κ1) is 12.2. The highest BCUT2D eigenvalue weighted by atomic mass is 19.1. The van der Waals surface area contributed by atoms with E-state index in [4.69, 9.17) is 10.5 Å². The van der Waals surface area contributed by atoms with Crippen LogP contribution in [0.15, 0.2) is 36.4 Å². The van der Waals surface area contributed by atoms with Crippen LogP contribution in [0.3, 0.4) is 0 Å². The maximum atomic E-state index is 13.8. The number of hydrogen-bond donors (Lipinski definition) is 1. The van der Waals surface area contributed by atoms with Crippen molar-refractivity contribution in [3.8, 4) is 16.9 Å². The Hall–Kier alpha value is -1.87. The SMILES string of the molecule is NCc1ccc(-c2cccc3c2OCCC3)cc1F. The molecule has 0 bridgehead atoms. The van der Waals surface area contributed by atoms with Gasteiger partial charge in [0.25, 0.3) is 0 Å². The number of nitrogens with two attached hydrogens (primary N) is 1. The first-order chi connectivity index (χ1) is 9.29. The zero-order chi connectivity index (χ0) is 13.2. The van der Waals surface area contributed by atoms with Crippen LogP contribution in [-0.4, -0.2) is 6.61 Å². The Bertz CT molecular complexity index is 610. The van der Waals surface area contributed by atoms with E-state index in [2.05, 4.69) is 6.07 Å². The third-order valence-electron chi connectivity index (χ3n) is 3.52. The second kappa shape index (κ2) is 5.02. The van der Waals surface area contributed by atoms with Crippen LogP contribution >= 0.6 is 0 Å². The van der Waals surface area contributed by atoms with E-state index in [9.17, 15) is 4.39 Å². The lowest BCUT2D eigenvalue weighted by Gasteiger charge is -2.20. The van der Waals surface area contributed by atoms with Crippen molar-refractivity contribution in [2.75, 3.05) is 6.61 Å². The summed E-state index contributed by atoms with van der Waals surface area (Å²) in [5.41, 5.74) is 9.02. The van der Waals surface area contributed by atoms with Crippen molar-refractivity contribution in [2.45, 2.75) is 19.4 Å². The average Bonchev–Trinajstić information content (AvgIpc) is 2.46. The Balaban J connectivity index is 2.09. The second-order valence-electron chi connectivity index (χ2n) is 4.76. The van der Waals surface area contributed by atoms with Crippen LogP contribution in [0.2, 0.25) is 0 Å². The molecular weight excluding hydrogens is 241 g/mol. The molecule has 1 aliphatic heterocycles. The van der Waals surface area contributed by atoms with Gasteiger partial charge >= 0.3 is 0 Å². The predicted octanol–water partition coefficient (Wildman–Crippen LogP) is 3.28. The van der Waals surface area contributed by atoms with Gasteiger partial charge in [-0.05, 0) is 30.0 Å². The minimum Gasteiger partial charge on any atom is -0.493 e. The van der Waals surface area contributed by atoms with Gasteiger partial charge in [-0.15, -0.1) is 0 Å². The molecule has 1 heterocycles. The van der Waals surface area contributed by atoms with Crippen LogP contribution in [0.25, 0.3) is 11.1 Å². The number of halogens is 1. The molecule has 2 aromatic carbocycles. The molecule has 2 nitrogen and oxygen atoms in total. The molecule has 0 atom stereocenters. The van der Waals surface area contributed by atoms with Crippen molar-refractivity contribution in [2.24, 2.45) is 5.73 Å². The van der Waals surface area contributed by atoms with Gasteiger partial charge in [0.1, 0.15) is 11.6 Å². The highest BCUT2D eigenvalue weighted by molar-refractivity contribution is 5.72. The number of benzene rings is 2. The summed E-state index contributed by atoms with van der Waals surface area (Å²) in [6.45, 7) is 0.947. The van der Waals surface area contributed by atoms with Crippen LogP contribution in [0.5, 0.6) is 5.75 Å². The van der Waals surface area contributed by atoms with Gasteiger partial charge in [-0.1, -0.05) is 30.3 Å². The quantitative estimate of drug-likeness (QED) is 0.896. The number of para-hydroxylation sites is 1. The van der Waals surface area contributed by atoms with Gasteiger partial charge in [-0.2, -0.15) is 0 Å². The molecule has 98 valence electrons. The number of ether oxygens (including phenoxy) is 1. The molecule has 0 saturated heterocycles. The highest BCUT2D eigenvalue weighted by Gasteiger charge is 2.16. The summed E-state index contributed by atoms with van der Waals surface area (Å²) in [6, 6.07) is 11.2. The third-order valence-corrected chi connectivity index (χ3v) is 3.52. The standard InChI is InChI=1S/C16H16FNO/c17-15-9-12(6-7-13(15)10-18)14-5-1-3-11-4-2-8-19-16(11)14/h1,3,5-7,9H,2,4,8,10,18H2. The lowest BCUT2D eigenvalue weighted by atomic mass is 9.97. The Kier molecular flexibility index (Phi) is 3.22. The van der Waals surface area contributed by atoms with Gasteiger partial charge in [-0.25, -0.2) is 4.39 Å². The molecule has 0 unspecified atom stereocenters. The largest absolute Gasteiger partial charge is 0.493 e. The van der Waals surface area contributed by atoms with Crippen molar-refractivity contribution >= 4 is 0 Å². The Labute approximate surface area is 112 Å². The third kappa shape index (κ3) is 2.22. The molecule has 0 amide bonds. The smallest absolute Gasteiger partial charge is 0.130 e. The number of rotatable bonds is 2. The molecule has 3 heteroatoms. The molecular formula is C16H16FNO. The molecule has 2 aromatic rings. The number of fused-ring (bicyclic) bond motifs is 1. The van der Waals surface area contributed by atoms with Gasteiger partial charge in [-0.3, -0.25) is 0 Å². The fourth-order valence-corrected chi connectivity index (χ4v) is 2.50. The fraction of sp³-hybridized carbons (Fsp3) is 0.250. The summed E-state index contributed by atoms with van der Waals surface area (Å²) in [5, 5.41) is 0. The molecule has 2 N–H and O–H groups in total. The van der Waals surface area contributed by atoms with Crippen molar-refractivity contribution in [3.05, 3.63) is 53.3 Å². The normalized spacial score (nSPS) is 13.8. The van der Waals surface area contributed by atoms with Crippen LogP contribution in [0.1, 0.15) is 17.5 Å². The van der Waals surface area contributed by atoms with Crippen molar-refractivity contribution in [3.63, 3.8) is 0 Å². The second-order valence-corrected chi connectivity index (χ2v) is 4.76. The van der Waals surface area contributed by atoms with Crippen LogP contribution < -0.4 is 10.5 Å². The summed E-state index contributed by atoms with van der Waals surface area (Å²) in [5.74, 6) is 0.641. The predicted molar refractivity (Wildman–Crippen MR) is 73.5 cm³/mol. The van der Waals surface area contributed by atoms with Crippen molar-refractivity contribution in [1.82, 2.24) is 0 Å². The van der Waals surface area contributed by atoms with E-state index in [1.807, 2.05) is 18.2 Å². The summed E-state index contributed by atoms with van der Waals surface area (Å²) >= 11 is 0. The van der Waals surface area contributed by atoms with E-state index < -0.39 is 0 Å². The zero-order valence-electron chi connectivity index (χ0n) is 10.7. The molecule has 0 spiro atoms. The van der Waals surface area contributed by atoms with Crippen LogP contribution in [0, 0.1) is 5.82 Å². The monoisotopic (exact) mass is 257 g/mol. The minimum absolute atomic E-state index is 0.218. The maximum absolute atomic E-state index is 13.8. The Morgan fingerprint density at radius 2 is 2.11 bits per heavy atom. The Morgan fingerprint density at radius 1 is 1.21 bits per heavy atom. The van der Waals surface area contributed by atoms with Crippen molar-refractivity contribution < 1.29 is 9.13 Å². The van der Waals surface area contributed by atoms with Gasteiger partial charge in [0.15, 0.2) is 0 Å². The van der Waals surface area contributed by atoms with E-state index in [-0.39, 0.29) is 12.4 Å². The minimum atomic E-state index is -0.256. The van der Waals surface area contributed by atoms with E-state index in [0.717, 1.165) is 36.3 Å². The van der Waals surface area contributed by atoms with Gasteiger partial charge < -0.3 is 10.5 Å². The molecule has 0 aliphatic carbocycles. The molecule has 0 fully saturated rings. The van der Waals surface area contributed by atoms with Crippen LogP contribution in [0.4, 0.5) is 4.39 Å². The van der Waals surface area contributed by atoms with Gasteiger partial charge in [0, 0.05) is 17.7 Å². The van der Waals surface area contributed by atoms with E-state index >= 15 is 0 Å². The molecule has 3 rings (SSSR count). The van der Waals surface area contributed by atoms with E-state index in [0.29, 0.717) is 5.56 Å². The fourth-order valence-electron chi connectivity index (χ4n) is 2.50. The Morgan fingerprint density at radius 3 is 2.89 bits per heavy atom. The molecule has 19 heavy (non-hydrogen) atoms. The number of hydrogen-bond acceptors (Lipinski definition) is 2. The first-order valence-electron chi connectivity index (χ1n) is 6.53. The van der Waals surface area contributed by atoms with E-state index in [1.165, 1.54) is 11.6 Å².